The van der Waals surface area contributed by atoms with Crippen molar-refractivity contribution in [3.05, 3.63) is 28.7 Å². The van der Waals surface area contributed by atoms with E-state index >= 15 is 0 Å². The van der Waals surface area contributed by atoms with Gasteiger partial charge in [0.15, 0.2) is 5.11 Å². The summed E-state index contributed by atoms with van der Waals surface area (Å²) in [5, 5.41) is 3.89. The molecule has 0 aliphatic carbocycles. The highest BCUT2D eigenvalue weighted by atomic mass is 79.9. The van der Waals surface area contributed by atoms with Crippen LogP contribution in [0.15, 0.2) is 33.6 Å². The van der Waals surface area contributed by atoms with E-state index in [-0.39, 0.29) is 0 Å². The van der Waals surface area contributed by atoms with Gasteiger partial charge in [0.25, 0.3) is 0 Å². The predicted molar refractivity (Wildman–Crippen MR) is 95.4 cm³/mol. The topological polar surface area (TPSA) is 52.6 Å². The number of thiocarbonyl (C=S) groups is 1. The first-order valence-electron chi connectivity index (χ1n) is 7.23. The number of benzene rings is 1. The zero-order chi connectivity index (χ0) is 16.2. The molecule has 1 aromatic carbocycles. The van der Waals surface area contributed by atoms with Gasteiger partial charge in [-0.1, -0.05) is 28.9 Å². The van der Waals surface area contributed by atoms with Gasteiger partial charge < -0.3 is 10.2 Å². The molecule has 5 nitrogen and oxygen atoms in total. The molecule has 8 heteroatoms. The Kier molecular flexibility index (Phi) is 6.19. The number of halogens is 1. The van der Waals surface area contributed by atoms with Gasteiger partial charge >= 0.3 is 0 Å². The minimum Gasteiger partial charge on any atom is -0.363 e. The summed E-state index contributed by atoms with van der Waals surface area (Å²) in [6.07, 6.45) is 1.01. The van der Waals surface area contributed by atoms with E-state index in [1.54, 1.807) is 18.2 Å². The largest absolute Gasteiger partial charge is 0.363 e. The summed E-state index contributed by atoms with van der Waals surface area (Å²) in [5.74, 6) is 0. The molecule has 1 aliphatic rings. The molecule has 0 unspecified atom stereocenters. The van der Waals surface area contributed by atoms with E-state index < -0.39 is 10.0 Å². The number of rotatable bonds is 4. The molecule has 0 radical (unpaired) electrons. The Labute approximate surface area is 145 Å². The molecular formula is C14H20BrN3O2S2. The van der Waals surface area contributed by atoms with E-state index in [4.69, 9.17) is 12.2 Å². The molecule has 1 aromatic rings. The first kappa shape index (κ1) is 17.7. The molecule has 122 valence electrons. The lowest BCUT2D eigenvalue weighted by atomic mass is 10.4. The number of nitrogens with one attached hydrogen (secondary N) is 1. The molecule has 1 saturated heterocycles. The van der Waals surface area contributed by atoms with Crippen LogP contribution in [0.25, 0.3) is 0 Å². The number of nitrogens with zero attached hydrogens (tertiary/aromatic N) is 2. The highest BCUT2D eigenvalue weighted by Gasteiger charge is 2.29. The van der Waals surface area contributed by atoms with Gasteiger partial charge in [0.1, 0.15) is 0 Å². The number of hydrogen-bond acceptors (Lipinski definition) is 3. The normalized spacial score (nSPS) is 16.5. The number of hydrogen-bond donors (Lipinski definition) is 1. The summed E-state index contributed by atoms with van der Waals surface area (Å²) in [7, 11) is -3.44. The maximum absolute atomic E-state index is 12.6. The van der Waals surface area contributed by atoms with Crippen molar-refractivity contribution in [3.8, 4) is 0 Å². The quantitative estimate of drug-likeness (QED) is 0.776. The van der Waals surface area contributed by atoms with Gasteiger partial charge in [-0.25, -0.2) is 8.42 Å². The smallest absolute Gasteiger partial charge is 0.243 e. The molecule has 0 saturated carbocycles. The van der Waals surface area contributed by atoms with Crippen molar-refractivity contribution in [2.75, 3.05) is 32.7 Å². The lowest BCUT2D eigenvalue weighted by Crippen LogP contribution is -2.53. The van der Waals surface area contributed by atoms with Crippen molar-refractivity contribution in [1.29, 1.82) is 0 Å². The van der Waals surface area contributed by atoms with Crippen molar-refractivity contribution >= 4 is 43.3 Å². The molecule has 22 heavy (non-hydrogen) atoms. The van der Waals surface area contributed by atoms with Crippen LogP contribution in [0.5, 0.6) is 0 Å². The molecule has 2 rings (SSSR count). The summed E-state index contributed by atoms with van der Waals surface area (Å²) >= 11 is 8.64. The molecule has 0 aromatic heterocycles. The van der Waals surface area contributed by atoms with E-state index in [1.807, 2.05) is 11.0 Å². The Hall–Kier alpha value is -0.700. The molecule has 1 N–H and O–H groups in total. The van der Waals surface area contributed by atoms with E-state index in [0.29, 0.717) is 36.2 Å². The molecule has 0 amide bonds. The monoisotopic (exact) mass is 405 g/mol. The van der Waals surface area contributed by atoms with Crippen molar-refractivity contribution < 1.29 is 8.42 Å². The molecular weight excluding hydrogens is 386 g/mol. The van der Waals surface area contributed by atoms with Crippen LogP contribution in [0, 0.1) is 0 Å². The summed E-state index contributed by atoms with van der Waals surface area (Å²) in [4.78, 5) is 2.35. The Morgan fingerprint density at radius 2 is 2.00 bits per heavy atom. The van der Waals surface area contributed by atoms with Crippen LogP contribution in [0.1, 0.15) is 13.3 Å². The van der Waals surface area contributed by atoms with Crippen LogP contribution in [0.3, 0.4) is 0 Å². The maximum atomic E-state index is 12.6. The number of piperazine rings is 1. The highest BCUT2D eigenvalue weighted by Crippen LogP contribution is 2.21. The number of sulfonamides is 1. The standard InChI is InChI=1S/C14H20BrN3O2S2/c1-2-6-16-14(21)17-7-9-18(10-8-17)22(19,20)13-5-3-4-12(15)11-13/h3-5,11H,2,6-10H2,1H3,(H,16,21). The molecule has 0 spiro atoms. The zero-order valence-corrected chi connectivity index (χ0v) is 15.7. The first-order valence-corrected chi connectivity index (χ1v) is 9.87. The maximum Gasteiger partial charge on any atom is 0.243 e. The Morgan fingerprint density at radius 3 is 2.59 bits per heavy atom. The van der Waals surface area contributed by atoms with Gasteiger partial charge in [-0.2, -0.15) is 4.31 Å². The summed E-state index contributed by atoms with van der Waals surface area (Å²) < 4.78 is 27.5. The fraction of sp³-hybridized carbons (Fsp3) is 0.500. The average Bonchev–Trinajstić information content (AvgIpc) is 2.52. The first-order chi connectivity index (χ1) is 10.4. The third-order valence-corrected chi connectivity index (χ3v) is 6.28. The molecule has 1 fully saturated rings. The molecule has 0 atom stereocenters. The SMILES string of the molecule is CCCNC(=S)N1CCN(S(=O)(=O)c2cccc(Br)c2)CC1. The highest BCUT2D eigenvalue weighted by molar-refractivity contribution is 9.10. The molecule has 1 aliphatic heterocycles. The van der Waals surface area contributed by atoms with Crippen LogP contribution in [-0.2, 0) is 10.0 Å². The van der Waals surface area contributed by atoms with E-state index in [1.165, 1.54) is 4.31 Å². The second kappa shape index (κ2) is 7.72. The lowest BCUT2D eigenvalue weighted by molar-refractivity contribution is 0.264. The minimum absolute atomic E-state index is 0.321. The van der Waals surface area contributed by atoms with Crippen molar-refractivity contribution in [2.45, 2.75) is 18.2 Å². The Bertz CT molecular complexity index is 629. The van der Waals surface area contributed by atoms with E-state index in [0.717, 1.165) is 17.4 Å². The van der Waals surface area contributed by atoms with Gasteiger partial charge in [-0.15, -0.1) is 0 Å². The Morgan fingerprint density at radius 1 is 1.32 bits per heavy atom. The Balaban J connectivity index is 2.00. The zero-order valence-electron chi connectivity index (χ0n) is 12.5. The summed E-state index contributed by atoms with van der Waals surface area (Å²) in [5.41, 5.74) is 0. The van der Waals surface area contributed by atoms with Crippen molar-refractivity contribution in [3.63, 3.8) is 0 Å². The third kappa shape index (κ3) is 4.18. The third-order valence-electron chi connectivity index (χ3n) is 3.49. The van der Waals surface area contributed by atoms with Crippen LogP contribution in [0.4, 0.5) is 0 Å². The van der Waals surface area contributed by atoms with Gasteiger partial charge in [-0.05, 0) is 36.8 Å². The lowest BCUT2D eigenvalue weighted by Gasteiger charge is -2.35. The van der Waals surface area contributed by atoms with E-state index in [9.17, 15) is 8.42 Å². The van der Waals surface area contributed by atoms with Crippen LogP contribution in [-0.4, -0.2) is 55.5 Å². The van der Waals surface area contributed by atoms with Crippen LogP contribution in [0.2, 0.25) is 0 Å². The van der Waals surface area contributed by atoms with Crippen molar-refractivity contribution in [1.82, 2.24) is 14.5 Å². The molecule has 1 heterocycles. The van der Waals surface area contributed by atoms with Gasteiger partial charge in [0.2, 0.25) is 10.0 Å². The van der Waals surface area contributed by atoms with E-state index in [2.05, 4.69) is 28.2 Å². The fourth-order valence-corrected chi connectivity index (χ4v) is 4.56. The second-order valence-corrected chi connectivity index (χ2v) is 8.32. The average molecular weight is 406 g/mol. The summed E-state index contributed by atoms with van der Waals surface area (Å²) in [6, 6.07) is 6.81. The second-order valence-electron chi connectivity index (χ2n) is 5.08. The van der Waals surface area contributed by atoms with Crippen LogP contribution < -0.4 is 5.32 Å². The summed E-state index contributed by atoms with van der Waals surface area (Å²) in [6.45, 7) is 5.05. The van der Waals surface area contributed by atoms with Gasteiger partial charge in [0.05, 0.1) is 4.90 Å². The van der Waals surface area contributed by atoms with Gasteiger partial charge in [-0.3, -0.25) is 0 Å². The minimum atomic E-state index is -3.44. The molecule has 0 bridgehead atoms. The predicted octanol–water partition coefficient (Wildman–Crippen LogP) is 2.04. The van der Waals surface area contributed by atoms with Gasteiger partial charge in [0, 0.05) is 37.2 Å². The fourth-order valence-electron chi connectivity index (χ4n) is 2.25. The van der Waals surface area contributed by atoms with Crippen molar-refractivity contribution in [2.24, 2.45) is 0 Å². The van der Waals surface area contributed by atoms with Crippen LogP contribution >= 0.6 is 28.1 Å².